The average Bonchev–Trinajstić information content (AvgIpc) is 2.63. The number of halogens is 1. The Labute approximate surface area is 168 Å². The summed E-state index contributed by atoms with van der Waals surface area (Å²) in [7, 11) is 0. The lowest BCUT2D eigenvalue weighted by molar-refractivity contribution is 0.343. The van der Waals surface area contributed by atoms with Crippen LogP contribution in [0.2, 0.25) is 0 Å². The summed E-state index contributed by atoms with van der Waals surface area (Å²) in [6.07, 6.45) is 1.86. The maximum Gasteiger partial charge on any atom is 0.0621 e. The van der Waals surface area contributed by atoms with E-state index in [1.807, 2.05) is 12.1 Å². The summed E-state index contributed by atoms with van der Waals surface area (Å²) in [6, 6.07) is 23.1. The highest BCUT2D eigenvalue weighted by Gasteiger charge is 2.06. The van der Waals surface area contributed by atoms with Crippen LogP contribution in [0.3, 0.4) is 0 Å². The molecule has 3 heteroatoms. The van der Waals surface area contributed by atoms with Gasteiger partial charge in [-0.3, -0.25) is 0 Å². The Morgan fingerprint density at radius 2 is 1.48 bits per heavy atom. The minimum absolute atomic E-state index is 0.0195. The molecule has 0 unspecified atom stereocenters. The average molecular weight is 458 g/mol. The first-order valence-corrected chi connectivity index (χ1v) is 9.58. The fraction of sp³-hybridized carbons (Fsp3) is 0.0909. The summed E-state index contributed by atoms with van der Waals surface area (Å²) in [5.74, 6) is 0. The van der Waals surface area contributed by atoms with Crippen molar-refractivity contribution < 1.29 is 5.11 Å². The predicted molar refractivity (Wildman–Crippen MR) is 117 cm³/mol. The van der Waals surface area contributed by atoms with Crippen molar-refractivity contribution in [2.75, 3.05) is 6.61 Å². The molecule has 0 saturated carbocycles. The van der Waals surface area contributed by atoms with E-state index in [-0.39, 0.29) is 6.61 Å². The van der Waals surface area contributed by atoms with Crippen molar-refractivity contribution in [1.29, 1.82) is 0 Å². The highest BCUT2D eigenvalue weighted by molar-refractivity contribution is 14.1. The standard InChI is InChI=1S/C22H19IOS/c1-15-14-19(8-11-22(15)25)16-2-4-17(5-3-16)21(12-13-24)18-6-9-20(23)10-7-18/h2-12,14,24-25H,13H2,1H3/b21-12-. The number of rotatable bonds is 4. The number of hydrogen-bond acceptors (Lipinski definition) is 2. The van der Waals surface area contributed by atoms with Crippen LogP contribution in [0.15, 0.2) is 77.7 Å². The van der Waals surface area contributed by atoms with Crippen molar-refractivity contribution in [3.63, 3.8) is 0 Å². The van der Waals surface area contributed by atoms with Gasteiger partial charge in [0.15, 0.2) is 0 Å². The maximum atomic E-state index is 9.42. The van der Waals surface area contributed by atoms with Crippen LogP contribution in [0.1, 0.15) is 16.7 Å². The molecule has 0 atom stereocenters. The fourth-order valence-electron chi connectivity index (χ4n) is 2.80. The summed E-state index contributed by atoms with van der Waals surface area (Å²) in [5, 5.41) is 9.42. The van der Waals surface area contributed by atoms with Gasteiger partial charge in [0.2, 0.25) is 0 Å². The summed E-state index contributed by atoms with van der Waals surface area (Å²) >= 11 is 6.74. The largest absolute Gasteiger partial charge is 0.392 e. The first kappa shape index (κ1) is 18.2. The molecule has 0 saturated heterocycles. The number of aliphatic hydroxyl groups excluding tert-OH is 1. The van der Waals surface area contributed by atoms with Gasteiger partial charge in [0.1, 0.15) is 0 Å². The second-order valence-electron chi connectivity index (χ2n) is 5.89. The van der Waals surface area contributed by atoms with Crippen LogP contribution in [0, 0.1) is 10.5 Å². The number of benzene rings is 3. The quantitative estimate of drug-likeness (QED) is 0.364. The molecular weight excluding hydrogens is 439 g/mol. The molecular formula is C22H19IOS. The first-order chi connectivity index (χ1) is 12.1. The third-order valence-corrected chi connectivity index (χ3v) is 5.40. The van der Waals surface area contributed by atoms with Crippen molar-refractivity contribution in [2.24, 2.45) is 0 Å². The number of hydrogen-bond donors (Lipinski definition) is 2. The van der Waals surface area contributed by atoms with E-state index in [4.69, 9.17) is 0 Å². The molecule has 0 aliphatic rings. The SMILES string of the molecule is Cc1cc(-c2ccc(/C(=C/CO)c3ccc(I)cc3)cc2)ccc1S. The molecule has 126 valence electrons. The van der Waals surface area contributed by atoms with E-state index in [0.29, 0.717) is 0 Å². The van der Waals surface area contributed by atoms with Crippen molar-refractivity contribution in [3.05, 3.63) is 93.1 Å². The minimum atomic E-state index is 0.0195. The first-order valence-electron chi connectivity index (χ1n) is 8.06. The normalized spacial score (nSPS) is 11.6. The molecule has 3 aromatic rings. The van der Waals surface area contributed by atoms with Gasteiger partial charge in [0.25, 0.3) is 0 Å². The monoisotopic (exact) mass is 458 g/mol. The molecule has 1 N–H and O–H groups in total. The molecule has 0 heterocycles. The van der Waals surface area contributed by atoms with Gasteiger partial charge < -0.3 is 5.11 Å². The van der Waals surface area contributed by atoms with Gasteiger partial charge in [-0.1, -0.05) is 54.6 Å². The topological polar surface area (TPSA) is 20.2 Å². The highest BCUT2D eigenvalue weighted by Crippen LogP contribution is 2.28. The van der Waals surface area contributed by atoms with Crippen LogP contribution in [0.5, 0.6) is 0 Å². The molecule has 0 aliphatic carbocycles. The van der Waals surface area contributed by atoms with Crippen molar-refractivity contribution >= 4 is 40.8 Å². The van der Waals surface area contributed by atoms with E-state index in [2.05, 4.69) is 103 Å². The van der Waals surface area contributed by atoms with Crippen LogP contribution in [-0.4, -0.2) is 11.7 Å². The van der Waals surface area contributed by atoms with Crippen LogP contribution >= 0.6 is 35.2 Å². The van der Waals surface area contributed by atoms with Crippen LogP contribution < -0.4 is 0 Å². The van der Waals surface area contributed by atoms with Crippen LogP contribution in [0.4, 0.5) is 0 Å². The number of aliphatic hydroxyl groups is 1. The van der Waals surface area contributed by atoms with Crippen molar-refractivity contribution in [3.8, 4) is 11.1 Å². The van der Waals surface area contributed by atoms with Gasteiger partial charge in [0.05, 0.1) is 6.61 Å². The molecule has 3 rings (SSSR count). The number of thiol groups is 1. The molecule has 3 aromatic carbocycles. The van der Waals surface area contributed by atoms with Crippen LogP contribution in [0.25, 0.3) is 16.7 Å². The summed E-state index contributed by atoms with van der Waals surface area (Å²) in [4.78, 5) is 1.01. The summed E-state index contributed by atoms with van der Waals surface area (Å²) in [6.45, 7) is 2.09. The third kappa shape index (κ3) is 4.35. The smallest absolute Gasteiger partial charge is 0.0621 e. The third-order valence-electron chi connectivity index (χ3n) is 4.18. The maximum absolute atomic E-state index is 9.42. The second-order valence-corrected chi connectivity index (χ2v) is 7.61. The zero-order chi connectivity index (χ0) is 17.8. The Hall–Kier alpha value is -1.56. The zero-order valence-corrected chi connectivity index (χ0v) is 17.0. The van der Waals surface area contributed by atoms with Gasteiger partial charge in [-0.15, -0.1) is 12.6 Å². The summed E-state index contributed by atoms with van der Waals surface area (Å²) < 4.78 is 1.20. The highest BCUT2D eigenvalue weighted by atomic mass is 127. The van der Waals surface area contributed by atoms with Gasteiger partial charge in [0, 0.05) is 8.47 Å². The molecule has 0 aromatic heterocycles. The number of aryl methyl sites for hydroxylation is 1. The Balaban J connectivity index is 1.95. The van der Waals surface area contributed by atoms with E-state index in [1.54, 1.807) is 0 Å². The van der Waals surface area contributed by atoms with Gasteiger partial charge in [-0.05, 0) is 81.1 Å². The molecule has 0 bridgehead atoms. The molecule has 0 fully saturated rings. The second kappa shape index (κ2) is 8.21. The zero-order valence-electron chi connectivity index (χ0n) is 13.9. The van der Waals surface area contributed by atoms with E-state index in [9.17, 15) is 5.11 Å². The minimum Gasteiger partial charge on any atom is -0.392 e. The fourth-order valence-corrected chi connectivity index (χ4v) is 3.30. The Kier molecular flexibility index (Phi) is 5.99. The Bertz CT molecular complexity index is 896. The van der Waals surface area contributed by atoms with E-state index < -0.39 is 0 Å². The van der Waals surface area contributed by atoms with Crippen LogP contribution in [-0.2, 0) is 0 Å². The lowest BCUT2D eigenvalue weighted by Gasteiger charge is -2.11. The lowest BCUT2D eigenvalue weighted by Crippen LogP contribution is -1.91. The lowest BCUT2D eigenvalue weighted by atomic mass is 9.95. The van der Waals surface area contributed by atoms with Crippen molar-refractivity contribution in [1.82, 2.24) is 0 Å². The molecule has 1 nitrogen and oxygen atoms in total. The molecule has 0 spiro atoms. The summed E-state index contributed by atoms with van der Waals surface area (Å²) in [5.41, 5.74) is 6.78. The molecule has 0 amide bonds. The van der Waals surface area contributed by atoms with E-state index in [1.165, 1.54) is 20.3 Å². The molecule has 0 aliphatic heterocycles. The molecule has 25 heavy (non-hydrogen) atoms. The van der Waals surface area contributed by atoms with Crippen molar-refractivity contribution in [2.45, 2.75) is 11.8 Å². The van der Waals surface area contributed by atoms with Gasteiger partial charge in [-0.2, -0.15) is 0 Å². The predicted octanol–water partition coefficient (Wildman–Crippen LogP) is 5.98. The van der Waals surface area contributed by atoms with E-state index in [0.717, 1.165) is 21.6 Å². The van der Waals surface area contributed by atoms with E-state index >= 15 is 0 Å². The van der Waals surface area contributed by atoms with Gasteiger partial charge in [-0.25, -0.2) is 0 Å². The Morgan fingerprint density at radius 1 is 0.920 bits per heavy atom. The molecule has 0 radical (unpaired) electrons. The van der Waals surface area contributed by atoms with Gasteiger partial charge >= 0.3 is 0 Å². The Morgan fingerprint density at radius 3 is 2.04 bits per heavy atom.